The molecule has 31 heavy (non-hydrogen) atoms. The molecular formula is C23H23N3O5. The number of benzene rings is 2. The molecule has 0 radical (unpaired) electrons. The van der Waals surface area contributed by atoms with Crippen molar-refractivity contribution in [3.63, 3.8) is 0 Å². The maximum absolute atomic E-state index is 12.8. The molecule has 0 bridgehead atoms. The molecule has 1 aromatic heterocycles. The van der Waals surface area contributed by atoms with Crippen LogP contribution in [0.5, 0.6) is 5.75 Å². The van der Waals surface area contributed by atoms with Gasteiger partial charge in [0.2, 0.25) is 0 Å². The number of fused-ring (bicyclic) bond motifs is 1. The van der Waals surface area contributed by atoms with Crippen LogP contribution in [0.1, 0.15) is 24.2 Å². The van der Waals surface area contributed by atoms with Gasteiger partial charge in [0.1, 0.15) is 5.75 Å². The van der Waals surface area contributed by atoms with Gasteiger partial charge in [-0.3, -0.25) is 10.1 Å². The molecule has 8 nitrogen and oxygen atoms in total. The van der Waals surface area contributed by atoms with Gasteiger partial charge in [0.25, 0.3) is 5.91 Å². The van der Waals surface area contributed by atoms with E-state index in [9.17, 15) is 14.4 Å². The highest BCUT2D eigenvalue weighted by Crippen LogP contribution is 2.26. The molecule has 3 rings (SSSR count). The number of carbonyl (C=O) groups excluding carboxylic acids is 3. The zero-order valence-corrected chi connectivity index (χ0v) is 17.5. The molecule has 2 N–H and O–H groups in total. The molecular weight excluding hydrogens is 398 g/mol. The van der Waals surface area contributed by atoms with Crippen LogP contribution < -0.4 is 15.4 Å². The van der Waals surface area contributed by atoms with E-state index in [4.69, 9.17) is 9.47 Å². The summed E-state index contributed by atoms with van der Waals surface area (Å²) in [7, 11) is 1.58. The molecule has 0 atom stereocenters. The second-order valence-corrected chi connectivity index (χ2v) is 7.05. The fourth-order valence-electron chi connectivity index (χ4n) is 2.92. The van der Waals surface area contributed by atoms with Crippen LogP contribution >= 0.6 is 0 Å². The molecule has 1 heterocycles. The molecule has 0 unspecified atom stereocenters. The van der Waals surface area contributed by atoms with Gasteiger partial charge in [-0.25, -0.2) is 14.6 Å². The number of nitrogens with zero attached hydrogens (tertiary/aromatic N) is 1. The van der Waals surface area contributed by atoms with Crippen LogP contribution in [0.4, 0.5) is 4.79 Å². The van der Waals surface area contributed by atoms with Gasteiger partial charge in [-0.05, 0) is 50.2 Å². The largest absolute Gasteiger partial charge is 0.497 e. The molecule has 3 amide bonds. The fraction of sp³-hybridized carbons (Fsp3) is 0.217. The molecule has 3 aromatic rings. The Morgan fingerprint density at radius 1 is 1.03 bits per heavy atom. The summed E-state index contributed by atoms with van der Waals surface area (Å²) in [4.78, 5) is 40.9. The predicted octanol–water partition coefficient (Wildman–Crippen LogP) is 3.30. The number of rotatable bonds is 6. The topological polar surface area (TPSA) is 107 Å². The summed E-state index contributed by atoms with van der Waals surface area (Å²) in [6, 6.07) is 15.3. The van der Waals surface area contributed by atoms with Crippen molar-refractivity contribution in [1.29, 1.82) is 0 Å². The van der Waals surface area contributed by atoms with Gasteiger partial charge in [-0.2, -0.15) is 0 Å². The van der Waals surface area contributed by atoms with Crippen molar-refractivity contribution in [2.75, 3.05) is 13.7 Å². The highest BCUT2D eigenvalue weighted by molar-refractivity contribution is 6.05. The highest BCUT2D eigenvalue weighted by atomic mass is 16.5. The van der Waals surface area contributed by atoms with Gasteiger partial charge in [0.05, 0.1) is 23.9 Å². The van der Waals surface area contributed by atoms with E-state index in [-0.39, 0.29) is 11.6 Å². The molecule has 0 aliphatic rings. The number of nitrogens with one attached hydrogen (secondary N) is 2. The number of para-hydroxylation sites is 1. The van der Waals surface area contributed by atoms with Crippen LogP contribution in [-0.2, 0) is 9.53 Å². The van der Waals surface area contributed by atoms with Crippen LogP contribution in [0, 0.1) is 0 Å². The number of ether oxygens (including phenoxy) is 2. The van der Waals surface area contributed by atoms with Crippen molar-refractivity contribution in [2.45, 2.75) is 19.9 Å². The summed E-state index contributed by atoms with van der Waals surface area (Å²) in [5, 5.41) is 5.24. The Morgan fingerprint density at radius 3 is 2.42 bits per heavy atom. The van der Waals surface area contributed by atoms with Crippen molar-refractivity contribution < 1.29 is 23.9 Å². The molecule has 0 saturated heterocycles. The third kappa shape index (κ3) is 5.57. The van der Waals surface area contributed by atoms with Crippen molar-refractivity contribution >= 4 is 28.8 Å². The lowest BCUT2D eigenvalue weighted by Gasteiger charge is -2.11. The van der Waals surface area contributed by atoms with Gasteiger partial charge >= 0.3 is 12.0 Å². The zero-order chi connectivity index (χ0) is 22.4. The van der Waals surface area contributed by atoms with E-state index in [1.165, 1.54) is 0 Å². The molecule has 8 heteroatoms. The molecule has 0 aliphatic carbocycles. The summed E-state index contributed by atoms with van der Waals surface area (Å²) in [6.07, 6.45) is 0. The minimum Gasteiger partial charge on any atom is -0.497 e. The maximum atomic E-state index is 12.8. The first kappa shape index (κ1) is 21.8. The van der Waals surface area contributed by atoms with Gasteiger partial charge < -0.3 is 14.8 Å². The number of methoxy groups -OCH3 is 1. The van der Waals surface area contributed by atoms with Crippen LogP contribution in [0.15, 0.2) is 54.6 Å². The van der Waals surface area contributed by atoms with E-state index in [0.29, 0.717) is 22.3 Å². The monoisotopic (exact) mass is 421 g/mol. The molecule has 0 saturated carbocycles. The second-order valence-electron chi connectivity index (χ2n) is 7.05. The van der Waals surface area contributed by atoms with E-state index in [1.807, 2.05) is 18.2 Å². The van der Waals surface area contributed by atoms with E-state index in [0.717, 1.165) is 5.56 Å². The Bertz CT molecular complexity index is 1110. The Hall–Kier alpha value is -3.94. The van der Waals surface area contributed by atoms with Gasteiger partial charge in [-0.15, -0.1) is 0 Å². The smallest absolute Gasteiger partial charge is 0.339 e. The number of imide groups is 1. The van der Waals surface area contributed by atoms with Crippen molar-refractivity contribution in [2.24, 2.45) is 0 Å². The number of urea groups is 1. The van der Waals surface area contributed by atoms with Gasteiger partial charge in [0.15, 0.2) is 6.61 Å². The lowest BCUT2D eigenvalue weighted by Crippen LogP contribution is -2.44. The average molecular weight is 421 g/mol. The molecule has 2 aromatic carbocycles. The number of hydrogen-bond donors (Lipinski definition) is 2. The minimum absolute atomic E-state index is 0.130. The van der Waals surface area contributed by atoms with E-state index >= 15 is 0 Å². The summed E-state index contributed by atoms with van der Waals surface area (Å²) in [5.74, 6) is -0.704. The second kappa shape index (κ2) is 9.71. The standard InChI is InChI=1S/C23H23N3O5/c1-14(2)24-23(29)26-21(27)13-31-22(28)18-12-20(15-8-10-16(30-3)11-9-15)25-19-7-5-4-6-17(18)19/h4-12,14H,13H2,1-3H3,(H2,24,26,27,29). The predicted molar refractivity (Wildman–Crippen MR) is 116 cm³/mol. The summed E-state index contributed by atoms with van der Waals surface area (Å²) >= 11 is 0. The quantitative estimate of drug-likeness (QED) is 0.592. The lowest BCUT2D eigenvalue weighted by atomic mass is 10.0. The summed E-state index contributed by atoms with van der Waals surface area (Å²) in [5.41, 5.74) is 2.26. The Balaban J connectivity index is 1.82. The third-order valence-electron chi connectivity index (χ3n) is 4.33. The number of esters is 1. The van der Waals surface area contributed by atoms with Crippen molar-refractivity contribution in [3.05, 3.63) is 60.2 Å². The third-order valence-corrected chi connectivity index (χ3v) is 4.33. The van der Waals surface area contributed by atoms with Crippen LogP contribution in [0.25, 0.3) is 22.2 Å². The van der Waals surface area contributed by atoms with E-state index in [2.05, 4.69) is 15.6 Å². The normalized spacial score (nSPS) is 10.6. The summed E-state index contributed by atoms with van der Waals surface area (Å²) in [6.45, 7) is 2.94. The lowest BCUT2D eigenvalue weighted by molar-refractivity contribution is -0.123. The van der Waals surface area contributed by atoms with E-state index < -0.39 is 24.5 Å². The Morgan fingerprint density at radius 2 is 1.74 bits per heavy atom. The Labute approximate surface area is 179 Å². The maximum Gasteiger partial charge on any atom is 0.339 e. The number of amides is 3. The average Bonchev–Trinajstić information content (AvgIpc) is 2.76. The van der Waals surface area contributed by atoms with Crippen LogP contribution in [-0.4, -0.2) is 42.7 Å². The molecule has 0 aliphatic heterocycles. The molecule has 0 fully saturated rings. The van der Waals surface area contributed by atoms with Crippen molar-refractivity contribution in [3.8, 4) is 17.0 Å². The van der Waals surface area contributed by atoms with Crippen LogP contribution in [0.3, 0.4) is 0 Å². The van der Waals surface area contributed by atoms with E-state index in [1.54, 1.807) is 57.4 Å². The molecule has 0 spiro atoms. The molecule has 160 valence electrons. The number of pyridine rings is 1. The number of hydrogen-bond acceptors (Lipinski definition) is 6. The van der Waals surface area contributed by atoms with Crippen LogP contribution in [0.2, 0.25) is 0 Å². The van der Waals surface area contributed by atoms with Gasteiger partial charge in [0, 0.05) is 17.0 Å². The highest BCUT2D eigenvalue weighted by Gasteiger charge is 2.17. The first-order valence-corrected chi connectivity index (χ1v) is 9.69. The summed E-state index contributed by atoms with van der Waals surface area (Å²) < 4.78 is 10.3. The minimum atomic E-state index is -0.722. The van der Waals surface area contributed by atoms with Gasteiger partial charge in [-0.1, -0.05) is 18.2 Å². The first-order chi connectivity index (χ1) is 14.9. The number of carbonyl (C=O) groups is 3. The van der Waals surface area contributed by atoms with Crippen molar-refractivity contribution in [1.82, 2.24) is 15.6 Å². The number of aromatic nitrogens is 1. The zero-order valence-electron chi connectivity index (χ0n) is 17.5. The Kier molecular flexibility index (Phi) is 6.81. The fourth-order valence-corrected chi connectivity index (χ4v) is 2.92. The first-order valence-electron chi connectivity index (χ1n) is 9.69. The SMILES string of the molecule is COc1ccc(-c2cc(C(=O)OCC(=O)NC(=O)NC(C)C)c3ccccc3n2)cc1.